The van der Waals surface area contributed by atoms with Crippen molar-refractivity contribution in [1.29, 1.82) is 0 Å². The Bertz CT molecular complexity index is 1070. The first-order valence-corrected chi connectivity index (χ1v) is 9.71. The summed E-state index contributed by atoms with van der Waals surface area (Å²) in [6.45, 7) is 0. The molecule has 3 rings (SSSR count). The van der Waals surface area contributed by atoms with Crippen LogP contribution in [0.25, 0.3) is 17.0 Å². The van der Waals surface area contributed by atoms with E-state index in [0.29, 0.717) is 5.56 Å². The molecule has 1 heterocycles. The molecule has 0 amide bonds. The summed E-state index contributed by atoms with van der Waals surface area (Å²) in [4.78, 5) is 12.0. The molecule has 0 unspecified atom stereocenters. The van der Waals surface area contributed by atoms with Crippen LogP contribution in [0.2, 0.25) is 0 Å². The third kappa shape index (κ3) is 6.09. The first-order valence-electron chi connectivity index (χ1n) is 8.38. The van der Waals surface area contributed by atoms with E-state index in [1.54, 1.807) is 6.08 Å². The Morgan fingerprint density at radius 1 is 0.964 bits per heavy atom. The van der Waals surface area contributed by atoms with Gasteiger partial charge in [0.25, 0.3) is 0 Å². The Kier molecular flexibility index (Phi) is 7.57. The zero-order valence-electron chi connectivity index (χ0n) is 15.9. The second kappa shape index (κ2) is 9.89. The van der Waals surface area contributed by atoms with Gasteiger partial charge in [-0.1, -0.05) is 36.4 Å². The normalized spacial score (nSPS) is 11.2. The Morgan fingerprint density at radius 3 is 2.25 bits per heavy atom. The molecule has 0 bridgehead atoms. The maximum Gasteiger partial charge on any atom is 0.399 e. The number of aryl methyl sites for hydroxylation is 1. The van der Waals surface area contributed by atoms with E-state index in [1.165, 1.54) is 5.52 Å². The minimum Gasteiger partial charge on any atom is -0.289 e. The molecule has 0 fully saturated rings. The Balaban J connectivity index is 0.000000345. The molecule has 0 spiro atoms. The van der Waals surface area contributed by atoms with Crippen molar-refractivity contribution in [3.05, 3.63) is 84.1 Å². The van der Waals surface area contributed by atoms with E-state index in [0.717, 1.165) is 25.2 Å². The molecule has 6 nitrogen and oxygen atoms in total. The van der Waals surface area contributed by atoms with E-state index >= 15 is 0 Å². The van der Waals surface area contributed by atoms with Crippen molar-refractivity contribution in [2.24, 2.45) is 7.05 Å². The molecule has 7 heteroatoms. The van der Waals surface area contributed by atoms with Gasteiger partial charge in [-0.25, -0.2) is 4.57 Å². The van der Waals surface area contributed by atoms with Gasteiger partial charge in [0, 0.05) is 23.1 Å². The van der Waals surface area contributed by atoms with E-state index in [2.05, 4.69) is 31.1 Å². The molecular formula is C21H22NO5S+. The largest absolute Gasteiger partial charge is 0.399 e. The summed E-state index contributed by atoms with van der Waals surface area (Å²) in [6.07, 6.45) is 5.51. The van der Waals surface area contributed by atoms with Crippen molar-refractivity contribution in [3.8, 4) is 0 Å². The van der Waals surface area contributed by atoms with Crippen molar-refractivity contribution < 1.29 is 26.1 Å². The molecule has 1 aromatic heterocycles. The van der Waals surface area contributed by atoms with Crippen LogP contribution >= 0.6 is 0 Å². The molecule has 2 aromatic carbocycles. The van der Waals surface area contributed by atoms with Crippen LogP contribution in [0.1, 0.15) is 15.9 Å². The van der Waals surface area contributed by atoms with Crippen molar-refractivity contribution in [2.45, 2.75) is 0 Å². The van der Waals surface area contributed by atoms with Gasteiger partial charge in [-0.15, -0.1) is 0 Å². The summed E-state index contributed by atoms with van der Waals surface area (Å²) in [7, 11) is 0.420. The van der Waals surface area contributed by atoms with Crippen LogP contribution in [0.3, 0.4) is 0 Å². The summed E-state index contributed by atoms with van der Waals surface area (Å²) in [5.41, 5.74) is 2.91. The van der Waals surface area contributed by atoms with Gasteiger partial charge < -0.3 is 0 Å². The zero-order valence-corrected chi connectivity index (χ0v) is 16.7. The maximum atomic E-state index is 12.0. The van der Waals surface area contributed by atoms with Crippen LogP contribution in [0, 0.1) is 0 Å². The van der Waals surface area contributed by atoms with Crippen molar-refractivity contribution in [1.82, 2.24) is 0 Å². The van der Waals surface area contributed by atoms with Crippen LogP contribution in [0.15, 0.2) is 72.9 Å². The van der Waals surface area contributed by atoms with Crippen LogP contribution in [-0.2, 0) is 25.8 Å². The van der Waals surface area contributed by atoms with Gasteiger partial charge in [-0.05, 0) is 29.8 Å². The fourth-order valence-corrected chi connectivity index (χ4v) is 2.56. The fourth-order valence-electron chi connectivity index (χ4n) is 2.43. The number of allylic oxidation sites excluding steroid dienone is 1. The van der Waals surface area contributed by atoms with Gasteiger partial charge in [0.2, 0.25) is 5.52 Å². The smallest absolute Gasteiger partial charge is 0.289 e. The molecule has 0 aliphatic carbocycles. The molecule has 146 valence electrons. The van der Waals surface area contributed by atoms with Crippen molar-refractivity contribution in [2.75, 3.05) is 14.2 Å². The molecule has 0 saturated heterocycles. The number of rotatable bonds is 5. The lowest BCUT2D eigenvalue weighted by Crippen LogP contribution is -2.27. The zero-order chi connectivity index (χ0) is 20.6. The number of carbonyl (C=O) groups excluding carboxylic acids is 1. The van der Waals surface area contributed by atoms with E-state index in [1.807, 2.05) is 61.8 Å². The number of aromatic nitrogens is 1. The summed E-state index contributed by atoms with van der Waals surface area (Å²) < 4.78 is 29.6. The van der Waals surface area contributed by atoms with Crippen LogP contribution < -0.4 is 4.57 Å². The number of pyridine rings is 1. The van der Waals surface area contributed by atoms with E-state index < -0.39 is 10.4 Å². The first-order chi connectivity index (χ1) is 13.4. The molecule has 0 atom stereocenters. The quantitative estimate of drug-likeness (QED) is 0.374. The number of hydrogen-bond acceptors (Lipinski definition) is 5. The lowest BCUT2D eigenvalue weighted by Gasteiger charge is -1.98. The Morgan fingerprint density at radius 2 is 1.64 bits per heavy atom. The van der Waals surface area contributed by atoms with Crippen LogP contribution in [0.4, 0.5) is 0 Å². The number of nitrogens with zero attached hydrogens (tertiary/aromatic N) is 1. The minimum atomic E-state index is -3.66. The van der Waals surface area contributed by atoms with Gasteiger partial charge in [0.1, 0.15) is 7.05 Å². The first kappa shape index (κ1) is 21.4. The highest BCUT2D eigenvalue weighted by atomic mass is 32.3. The molecule has 0 aliphatic rings. The maximum absolute atomic E-state index is 12.0. The van der Waals surface area contributed by atoms with Gasteiger partial charge in [-0.3, -0.25) is 13.2 Å². The average Bonchev–Trinajstić information content (AvgIpc) is 2.73. The predicted molar refractivity (Wildman–Crippen MR) is 108 cm³/mol. The lowest BCUT2D eigenvalue weighted by molar-refractivity contribution is -0.644. The van der Waals surface area contributed by atoms with Crippen molar-refractivity contribution >= 4 is 33.2 Å². The van der Waals surface area contributed by atoms with Crippen LogP contribution in [-0.4, -0.2) is 28.4 Å². The van der Waals surface area contributed by atoms with Crippen LogP contribution in [0.5, 0.6) is 0 Å². The van der Waals surface area contributed by atoms with Gasteiger partial charge in [0.15, 0.2) is 12.0 Å². The standard InChI is InChI=1S/C19H16NO.C2H6O4S/c1-20-13-5-8-17-14-15(9-11-18(17)20)10-12-19(21)16-6-3-2-4-7-16;1-5-7(3,4)6-2/h2-14H,1H3;1-2H3/q+1;/b12-10+;. The minimum absolute atomic E-state index is 0.0225. The fraction of sp³-hybridized carbons (Fsp3) is 0.143. The second-order valence-corrected chi connectivity index (χ2v) is 7.23. The molecule has 0 aliphatic heterocycles. The lowest BCUT2D eigenvalue weighted by atomic mass is 10.1. The molecular weight excluding hydrogens is 378 g/mol. The average molecular weight is 400 g/mol. The highest BCUT2D eigenvalue weighted by Crippen LogP contribution is 2.14. The monoisotopic (exact) mass is 400 g/mol. The highest BCUT2D eigenvalue weighted by Gasteiger charge is 2.04. The van der Waals surface area contributed by atoms with E-state index in [4.69, 9.17) is 0 Å². The highest BCUT2D eigenvalue weighted by molar-refractivity contribution is 7.81. The third-order valence-electron chi connectivity index (χ3n) is 3.91. The number of benzene rings is 2. The van der Waals surface area contributed by atoms with Gasteiger partial charge in [-0.2, -0.15) is 8.42 Å². The summed E-state index contributed by atoms with van der Waals surface area (Å²) >= 11 is 0. The van der Waals surface area contributed by atoms with Gasteiger partial charge >= 0.3 is 10.4 Å². The SMILES string of the molecule is COS(=O)(=O)OC.C[n+]1cccc2cc(/C=C/C(=O)c3ccccc3)ccc21. The molecule has 0 N–H and O–H groups in total. The second-order valence-electron chi connectivity index (χ2n) is 5.74. The summed E-state index contributed by atoms with van der Waals surface area (Å²) in [5, 5.41) is 1.16. The number of carbonyl (C=O) groups is 1. The predicted octanol–water partition coefficient (Wildman–Crippen LogP) is 3.08. The van der Waals surface area contributed by atoms with Crippen molar-refractivity contribution in [3.63, 3.8) is 0 Å². The number of fused-ring (bicyclic) bond motifs is 1. The molecule has 3 aromatic rings. The topological polar surface area (TPSA) is 73.6 Å². The molecule has 0 saturated carbocycles. The van der Waals surface area contributed by atoms with E-state index in [9.17, 15) is 13.2 Å². The Hall–Kier alpha value is -2.87. The third-order valence-corrected chi connectivity index (χ3v) is 4.73. The summed E-state index contributed by atoms with van der Waals surface area (Å²) in [5.74, 6) is 0.0225. The number of ketones is 1. The Labute approximate surface area is 165 Å². The van der Waals surface area contributed by atoms with E-state index in [-0.39, 0.29) is 5.78 Å². The molecule has 28 heavy (non-hydrogen) atoms. The molecule has 0 radical (unpaired) electrons. The number of hydrogen-bond donors (Lipinski definition) is 0. The van der Waals surface area contributed by atoms with Gasteiger partial charge in [0.05, 0.1) is 14.2 Å². The summed E-state index contributed by atoms with van der Waals surface area (Å²) in [6, 6.07) is 19.6.